The molecular weight excluding hydrogens is 266 g/mol. The highest BCUT2D eigenvalue weighted by atomic mass is 16.5. The van der Waals surface area contributed by atoms with Crippen molar-refractivity contribution in [2.24, 2.45) is 0 Å². The molecule has 0 saturated heterocycles. The Morgan fingerprint density at radius 1 is 1.24 bits per heavy atom. The van der Waals surface area contributed by atoms with Crippen molar-refractivity contribution in [2.45, 2.75) is 40.3 Å². The fraction of sp³-hybridized carbons (Fsp3) is 0.533. The number of hydrogen-bond donors (Lipinski definition) is 1. The van der Waals surface area contributed by atoms with Crippen LogP contribution in [0.2, 0.25) is 0 Å². The smallest absolute Gasteiger partial charge is 0.158 e. The van der Waals surface area contributed by atoms with Gasteiger partial charge in [-0.1, -0.05) is 6.92 Å². The average molecular weight is 289 g/mol. The first-order valence-electron chi connectivity index (χ1n) is 7.49. The zero-order chi connectivity index (χ0) is 15.1. The molecule has 6 nitrogen and oxygen atoms in total. The lowest BCUT2D eigenvalue weighted by molar-refractivity contribution is 0.128. The minimum absolute atomic E-state index is 0.414. The van der Waals surface area contributed by atoms with E-state index < -0.39 is 0 Å². The van der Waals surface area contributed by atoms with E-state index in [4.69, 9.17) is 4.74 Å². The van der Waals surface area contributed by atoms with Crippen LogP contribution in [0.15, 0.2) is 18.5 Å². The van der Waals surface area contributed by atoms with Crippen LogP contribution in [0.3, 0.4) is 0 Å². The fourth-order valence-corrected chi connectivity index (χ4v) is 2.11. The Bertz CT molecular complexity index is 567. The zero-order valence-corrected chi connectivity index (χ0v) is 13.0. The Morgan fingerprint density at radius 2 is 2.10 bits per heavy atom. The van der Waals surface area contributed by atoms with E-state index in [1.54, 1.807) is 0 Å². The minimum Gasteiger partial charge on any atom is -0.374 e. The molecule has 2 aromatic heterocycles. The third-order valence-corrected chi connectivity index (χ3v) is 2.97. The second-order valence-corrected chi connectivity index (χ2v) is 4.67. The predicted molar refractivity (Wildman–Crippen MR) is 83.0 cm³/mol. The molecule has 0 radical (unpaired) electrons. The summed E-state index contributed by atoms with van der Waals surface area (Å²) in [5.41, 5.74) is 0.828. The van der Waals surface area contributed by atoms with Gasteiger partial charge in [-0.3, -0.25) is 0 Å². The molecule has 2 aromatic rings. The SMILES string of the molecule is CCCn1ccnc1-c1cc(NCC)nc(COCC)n1. The van der Waals surface area contributed by atoms with Gasteiger partial charge in [0.15, 0.2) is 11.6 Å². The largest absolute Gasteiger partial charge is 0.374 e. The summed E-state index contributed by atoms with van der Waals surface area (Å²) in [5, 5.41) is 3.23. The molecule has 0 aromatic carbocycles. The Balaban J connectivity index is 2.36. The van der Waals surface area contributed by atoms with Gasteiger partial charge in [-0.25, -0.2) is 15.0 Å². The number of hydrogen-bond acceptors (Lipinski definition) is 5. The van der Waals surface area contributed by atoms with Crippen molar-refractivity contribution in [1.29, 1.82) is 0 Å². The van der Waals surface area contributed by atoms with Crippen LogP contribution in [0, 0.1) is 0 Å². The molecule has 0 fully saturated rings. The summed E-state index contributed by atoms with van der Waals surface area (Å²) in [7, 11) is 0. The highest BCUT2D eigenvalue weighted by Crippen LogP contribution is 2.19. The monoisotopic (exact) mass is 289 g/mol. The van der Waals surface area contributed by atoms with Gasteiger partial charge in [0.1, 0.15) is 18.1 Å². The summed E-state index contributed by atoms with van der Waals surface area (Å²) in [6.45, 7) is 8.95. The molecule has 21 heavy (non-hydrogen) atoms. The van der Waals surface area contributed by atoms with Gasteiger partial charge in [-0.15, -0.1) is 0 Å². The maximum atomic E-state index is 5.42. The number of nitrogens with zero attached hydrogens (tertiary/aromatic N) is 4. The van der Waals surface area contributed by atoms with Gasteiger partial charge in [0.2, 0.25) is 0 Å². The quantitative estimate of drug-likeness (QED) is 0.809. The van der Waals surface area contributed by atoms with Crippen molar-refractivity contribution in [3.05, 3.63) is 24.3 Å². The molecule has 0 spiro atoms. The van der Waals surface area contributed by atoms with E-state index in [1.807, 2.05) is 32.3 Å². The summed E-state index contributed by atoms with van der Waals surface area (Å²) in [5.74, 6) is 2.36. The maximum absolute atomic E-state index is 5.42. The number of imidazole rings is 1. The van der Waals surface area contributed by atoms with Crippen molar-refractivity contribution in [1.82, 2.24) is 19.5 Å². The highest BCUT2D eigenvalue weighted by molar-refractivity contribution is 5.55. The molecule has 0 aliphatic rings. The molecule has 6 heteroatoms. The number of ether oxygens (including phenoxy) is 1. The van der Waals surface area contributed by atoms with Gasteiger partial charge in [0.25, 0.3) is 0 Å². The molecule has 0 atom stereocenters. The number of rotatable bonds is 8. The Morgan fingerprint density at radius 3 is 2.81 bits per heavy atom. The van der Waals surface area contributed by atoms with E-state index in [-0.39, 0.29) is 0 Å². The summed E-state index contributed by atoms with van der Waals surface area (Å²) < 4.78 is 7.54. The summed E-state index contributed by atoms with van der Waals surface area (Å²) in [6.07, 6.45) is 4.85. The van der Waals surface area contributed by atoms with Crippen LogP contribution in [0.4, 0.5) is 5.82 Å². The van der Waals surface area contributed by atoms with Crippen LogP contribution in [0.1, 0.15) is 33.0 Å². The van der Waals surface area contributed by atoms with Gasteiger partial charge in [-0.05, 0) is 20.3 Å². The predicted octanol–water partition coefficient (Wildman–Crippen LogP) is 2.72. The number of aromatic nitrogens is 4. The summed E-state index contributed by atoms with van der Waals surface area (Å²) in [4.78, 5) is 13.5. The van der Waals surface area contributed by atoms with Gasteiger partial charge in [0.05, 0.1) is 0 Å². The van der Waals surface area contributed by atoms with E-state index >= 15 is 0 Å². The third kappa shape index (κ3) is 4.01. The first-order chi connectivity index (χ1) is 10.3. The minimum atomic E-state index is 0.414. The summed E-state index contributed by atoms with van der Waals surface area (Å²) >= 11 is 0. The maximum Gasteiger partial charge on any atom is 0.158 e. The number of anilines is 1. The Labute approximate surface area is 125 Å². The summed E-state index contributed by atoms with van der Waals surface area (Å²) in [6, 6.07) is 1.94. The van der Waals surface area contributed by atoms with E-state index in [0.29, 0.717) is 19.0 Å². The van der Waals surface area contributed by atoms with Crippen molar-refractivity contribution < 1.29 is 4.74 Å². The van der Waals surface area contributed by atoms with Crippen molar-refractivity contribution in [3.63, 3.8) is 0 Å². The second-order valence-electron chi connectivity index (χ2n) is 4.67. The first kappa shape index (κ1) is 15.4. The third-order valence-electron chi connectivity index (χ3n) is 2.97. The average Bonchev–Trinajstić information content (AvgIpc) is 2.94. The number of nitrogens with one attached hydrogen (secondary N) is 1. The van der Waals surface area contributed by atoms with E-state index in [0.717, 1.165) is 36.8 Å². The molecule has 0 saturated carbocycles. The van der Waals surface area contributed by atoms with Gasteiger partial charge in [-0.2, -0.15) is 0 Å². The van der Waals surface area contributed by atoms with Crippen molar-refractivity contribution in [3.8, 4) is 11.5 Å². The second kappa shape index (κ2) is 7.73. The first-order valence-corrected chi connectivity index (χ1v) is 7.49. The Kier molecular flexibility index (Phi) is 5.68. The lowest BCUT2D eigenvalue weighted by Gasteiger charge is -2.10. The lowest BCUT2D eigenvalue weighted by Crippen LogP contribution is -2.08. The van der Waals surface area contributed by atoms with E-state index in [2.05, 4.69) is 31.8 Å². The van der Waals surface area contributed by atoms with Crippen LogP contribution in [0.5, 0.6) is 0 Å². The van der Waals surface area contributed by atoms with Gasteiger partial charge >= 0.3 is 0 Å². The standard InChI is InChI=1S/C15H23N5O/c1-4-8-20-9-7-17-15(20)12-10-13(16-5-2)19-14(18-12)11-21-6-3/h7,9-10H,4-6,8,11H2,1-3H3,(H,16,18,19). The zero-order valence-electron chi connectivity index (χ0n) is 13.0. The lowest BCUT2D eigenvalue weighted by atomic mass is 10.3. The van der Waals surface area contributed by atoms with Gasteiger partial charge < -0.3 is 14.6 Å². The normalized spacial score (nSPS) is 10.8. The van der Waals surface area contributed by atoms with Crippen LogP contribution < -0.4 is 5.32 Å². The molecule has 2 rings (SSSR count). The van der Waals surface area contributed by atoms with E-state index in [1.165, 1.54) is 0 Å². The molecular formula is C15H23N5O. The number of aryl methyl sites for hydroxylation is 1. The molecule has 0 amide bonds. The van der Waals surface area contributed by atoms with Crippen LogP contribution in [-0.2, 0) is 17.9 Å². The van der Waals surface area contributed by atoms with Crippen molar-refractivity contribution >= 4 is 5.82 Å². The molecule has 2 heterocycles. The fourth-order valence-electron chi connectivity index (χ4n) is 2.11. The topological polar surface area (TPSA) is 64.9 Å². The van der Waals surface area contributed by atoms with E-state index in [9.17, 15) is 0 Å². The molecule has 0 aliphatic carbocycles. The molecule has 1 N–H and O–H groups in total. The van der Waals surface area contributed by atoms with Crippen molar-refractivity contribution in [2.75, 3.05) is 18.5 Å². The van der Waals surface area contributed by atoms with Gasteiger partial charge in [0, 0.05) is 38.2 Å². The van der Waals surface area contributed by atoms with Crippen LogP contribution in [0.25, 0.3) is 11.5 Å². The molecule has 0 unspecified atom stereocenters. The molecule has 0 aliphatic heterocycles. The van der Waals surface area contributed by atoms with Crippen LogP contribution >= 0.6 is 0 Å². The molecule has 0 bridgehead atoms. The highest BCUT2D eigenvalue weighted by Gasteiger charge is 2.11. The van der Waals surface area contributed by atoms with Crippen LogP contribution in [-0.4, -0.2) is 32.7 Å². The molecule has 114 valence electrons. The Hall–Kier alpha value is -1.95.